The van der Waals surface area contributed by atoms with E-state index in [2.05, 4.69) is 0 Å². The molecule has 2 heterocycles. The fourth-order valence-electron chi connectivity index (χ4n) is 4.24. The summed E-state index contributed by atoms with van der Waals surface area (Å²) in [5.74, 6) is 0. The van der Waals surface area contributed by atoms with Crippen molar-refractivity contribution in [1.29, 1.82) is 0 Å². The van der Waals surface area contributed by atoms with Gasteiger partial charge < -0.3 is 0 Å². The molecule has 0 amide bonds. The van der Waals surface area contributed by atoms with Crippen molar-refractivity contribution < 1.29 is 8.42 Å². The van der Waals surface area contributed by atoms with Crippen LogP contribution in [-0.2, 0) is 9.84 Å². The molecule has 0 aliphatic carbocycles. The molecule has 0 radical (unpaired) electrons. The minimum atomic E-state index is -3.84. The van der Waals surface area contributed by atoms with Crippen LogP contribution in [0.15, 0.2) is 119 Å². The highest BCUT2D eigenvalue weighted by atomic mass is 32.2. The smallest absolute Gasteiger partial charge is 0.210 e. The molecule has 0 aliphatic rings. The molecule has 0 fully saturated rings. The number of hydrogen-bond acceptors (Lipinski definition) is 4. The van der Waals surface area contributed by atoms with E-state index in [-0.39, 0.29) is 0 Å². The van der Waals surface area contributed by atoms with Gasteiger partial charge in [-0.3, -0.25) is 0 Å². The molecule has 0 atom stereocenters. The molecule has 0 aliphatic heterocycles. The molecule has 0 bridgehead atoms. The monoisotopic (exact) mass is 482 g/mol. The SMILES string of the molecule is O=S(=O)(c1c(-c2ccccc2)sc2ccccc12)c1c(-c2ccccc2)sc2ccccc12. The van der Waals surface area contributed by atoms with Gasteiger partial charge in [-0.2, -0.15) is 0 Å². The number of hydrogen-bond donors (Lipinski definition) is 0. The lowest BCUT2D eigenvalue weighted by Crippen LogP contribution is -2.03. The van der Waals surface area contributed by atoms with Crippen LogP contribution in [0.2, 0.25) is 0 Å². The molecule has 2 nitrogen and oxygen atoms in total. The maximum Gasteiger partial charge on any atom is 0.210 e. The van der Waals surface area contributed by atoms with Gasteiger partial charge in [0.1, 0.15) is 0 Å². The maximum absolute atomic E-state index is 14.6. The van der Waals surface area contributed by atoms with E-state index >= 15 is 0 Å². The van der Waals surface area contributed by atoms with Gasteiger partial charge in [0.15, 0.2) is 0 Å². The molecule has 2 aromatic heterocycles. The van der Waals surface area contributed by atoms with E-state index in [4.69, 9.17) is 0 Å². The van der Waals surface area contributed by atoms with Gasteiger partial charge in [-0.25, -0.2) is 8.42 Å². The van der Waals surface area contributed by atoms with Gasteiger partial charge in [-0.1, -0.05) is 97.1 Å². The lowest BCUT2D eigenvalue weighted by Gasteiger charge is -2.10. The first-order valence-corrected chi connectivity index (χ1v) is 13.7. The van der Waals surface area contributed by atoms with Crippen LogP contribution in [0.25, 0.3) is 41.1 Å². The Kier molecular flexibility index (Phi) is 4.91. The van der Waals surface area contributed by atoms with Gasteiger partial charge >= 0.3 is 0 Å². The van der Waals surface area contributed by atoms with E-state index in [1.54, 1.807) is 0 Å². The fraction of sp³-hybridized carbons (Fsp3) is 0. The normalized spacial score (nSPS) is 11.9. The highest BCUT2D eigenvalue weighted by molar-refractivity contribution is 7.92. The van der Waals surface area contributed by atoms with E-state index < -0.39 is 9.84 Å². The predicted molar refractivity (Wildman–Crippen MR) is 140 cm³/mol. The second-order valence-corrected chi connectivity index (χ2v) is 11.7. The maximum atomic E-state index is 14.6. The fourth-order valence-corrected chi connectivity index (χ4v) is 9.35. The van der Waals surface area contributed by atoms with Crippen molar-refractivity contribution in [1.82, 2.24) is 0 Å². The van der Waals surface area contributed by atoms with E-state index in [1.165, 1.54) is 22.7 Å². The zero-order valence-corrected chi connectivity index (χ0v) is 19.9. The number of benzene rings is 4. The third-order valence-corrected chi connectivity index (χ3v) is 10.3. The van der Waals surface area contributed by atoms with Gasteiger partial charge in [0, 0.05) is 20.2 Å². The van der Waals surface area contributed by atoms with Gasteiger partial charge in [0.05, 0.1) is 19.5 Å². The van der Waals surface area contributed by atoms with Crippen LogP contribution in [0.5, 0.6) is 0 Å². The van der Waals surface area contributed by atoms with E-state index in [9.17, 15) is 8.42 Å². The third kappa shape index (κ3) is 3.32. The summed E-state index contributed by atoms with van der Waals surface area (Å²) in [5.41, 5.74) is 1.83. The first kappa shape index (κ1) is 20.4. The summed E-state index contributed by atoms with van der Waals surface area (Å²) in [7, 11) is -3.84. The minimum absolute atomic E-state index is 0.398. The second kappa shape index (κ2) is 7.96. The first-order valence-electron chi connectivity index (χ1n) is 10.5. The van der Waals surface area contributed by atoms with Crippen molar-refractivity contribution in [2.24, 2.45) is 0 Å². The van der Waals surface area contributed by atoms with Gasteiger partial charge in [0.2, 0.25) is 9.84 Å². The molecule has 5 heteroatoms. The minimum Gasteiger partial charge on any atom is -0.218 e. The van der Waals surface area contributed by atoms with Gasteiger partial charge in [0.25, 0.3) is 0 Å². The molecular weight excluding hydrogens is 465 g/mol. The first-order chi connectivity index (χ1) is 16.1. The van der Waals surface area contributed by atoms with Gasteiger partial charge in [-0.15, -0.1) is 22.7 Å². The van der Waals surface area contributed by atoms with Crippen LogP contribution >= 0.6 is 22.7 Å². The van der Waals surface area contributed by atoms with Crippen LogP contribution in [0, 0.1) is 0 Å². The Morgan fingerprint density at radius 3 is 1.24 bits per heavy atom. The number of rotatable bonds is 4. The summed E-state index contributed by atoms with van der Waals surface area (Å²) in [5, 5.41) is 1.55. The lowest BCUT2D eigenvalue weighted by molar-refractivity contribution is 0.599. The van der Waals surface area contributed by atoms with Crippen LogP contribution in [0.4, 0.5) is 0 Å². The quantitative estimate of drug-likeness (QED) is 0.253. The molecule has 6 aromatic rings. The summed E-state index contributed by atoms with van der Waals surface area (Å²) in [6, 6.07) is 35.2. The lowest BCUT2D eigenvalue weighted by atomic mass is 10.1. The Hall–Kier alpha value is -3.25. The molecule has 0 saturated carbocycles. The Morgan fingerprint density at radius 2 is 0.818 bits per heavy atom. The highest BCUT2D eigenvalue weighted by Crippen LogP contribution is 2.49. The average Bonchev–Trinajstić information content (AvgIpc) is 3.45. The molecule has 160 valence electrons. The predicted octanol–water partition coefficient (Wildman–Crippen LogP) is 8.28. The average molecular weight is 483 g/mol. The molecule has 33 heavy (non-hydrogen) atoms. The van der Waals surface area contributed by atoms with Crippen molar-refractivity contribution in [2.75, 3.05) is 0 Å². The Labute approximate surface area is 200 Å². The van der Waals surface area contributed by atoms with Crippen molar-refractivity contribution in [3.63, 3.8) is 0 Å². The summed E-state index contributed by atoms with van der Waals surface area (Å²) >= 11 is 3.06. The van der Waals surface area contributed by atoms with Crippen molar-refractivity contribution in [3.05, 3.63) is 109 Å². The van der Waals surface area contributed by atoms with Crippen molar-refractivity contribution >= 4 is 52.7 Å². The van der Waals surface area contributed by atoms with E-state index in [1.807, 2.05) is 109 Å². The topological polar surface area (TPSA) is 34.1 Å². The Bertz CT molecular complexity index is 1590. The standard InChI is InChI=1S/C28H18O2S3/c29-33(30,27-21-15-7-9-17-23(21)31-25(27)19-11-3-1-4-12-19)28-22-16-8-10-18-24(22)32-26(28)20-13-5-2-6-14-20/h1-18H. The van der Waals surface area contributed by atoms with E-state index in [0.29, 0.717) is 9.79 Å². The van der Waals surface area contributed by atoms with Crippen molar-refractivity contribution in [3.8, 4) is 20.9 Å². The van der Waals surface area contributed by atoms with Gasteiger partial charge in [-0.05, 0) is 23.3 Å². The Balaban J connectivity index is 1.73. The molecule has 0 spiro atoms. The molecule has 6 rings (SSSR count). The van der Waals surface area contributed by atoms with Crippen LogP contribution < -0.4 is 0 Å². The summed E-state index contributed by atoms with van der Waals surface area (Å²) < 4.78 is 31.1. The number of fused-ring (bicyclic) bond motifs is 2. The zero-order valence-electron chi connectivity index (χ0n) is 17.4. The molecule has 0 saturated heterocycles. The second-order valence-electron chi connectivity index (χ2n) is 7.75. The summed E-state index contributed by atoms with van der Waals surface area (Å²) in [4.78, 5) is 2.36. The summed E-state index contributed by atoms with van der Waals surface area (Å²) in [6.07, 6.45) is 0. The molecule has 0 unspecified atom stereocenters. The zero-order chi connectivity index (χ0) is 22.4. The number of thiophene rings is 2. The molecular formula is C28H18O2S3. The molecule has 4 aromatic carbocycles. The number of sulfone groups is 1. The van der Waals surface area contributed by atoms with Crippen molar-refractivity contribution in [2.45, 2.75) is 9.79 Å². The van der Waals surface area contributed by atoms with Crippen LogP contribution in [-0.4, -0.2) is 8.42 Å². The van der Waals surface area contributed by atoms with Crippen LogP contribution in [0.3, 0.4) is 0 Å². The highest BCUT2D eigenvalue weighted by Gasteiger charge is 2.32. The van der Waals surface area contributed by atoms with Crippen LogP contribution in [0.1, 0.15) is 0 Å². The third-order valence-electron chi connectivity index (χ3n) is 5.71. The Morgan fingerprint density at radius 1 is 0.455 bits per heavy atom. The molecule has 0 N–H and O–H groups in total. The largest absolute Gasteiger partial charge is 0.218 e. The summed E-state index contributed by atoms with van der Waals surface area (Å²) in [6.45, 7) is 0. The van der Waals surface area contributed by atoms with E-state index in [0.717, 1.165) is 41.1 Å².